The molecule has 0 aliphatic rings. The molecule has 0 saturated heterocycles. The molecule has 0 heterocycles. The maximum Gasteiger partial charge on any atom is 0.0540 e. The number of benzene rings is 12. The van der Waals surface area contributed by atoms with Gasteiger partial charge in [-0.2, -0.15) is 0 Å². The lowest BCUT2D eigenvalue weighted by Gasteiger charge is -2.28. The van der Waals surface area contributed by atoms with Crippen molar-refractivity contribution in [3.63, 3.8) is 0 Å². The highest BCUT2D eigenvalue weighted by molar-refractivity contribution is 6.00. The minimum atomic E-state index is 0.122. The summed E-state index contributed by atoms with van der Waals surface area (Å²) in [6.45, 7) is 0. The molecule has 0 spiro atoms. The summed E-state index contributed by atoms with van der Waals surface area (Å²) in [6, 6.07) is 110. The van der Waals surface area contributed by atoms with Crippen molar-refractivity contribution in [1.29, 1.82) is 0 Å². The molecule has 0 aliphatic carbocycles. The molecule has 0 bridgehead atoms. The van der Waals surface area contributed by atoms with Crippen molar-refractivity contribution in [3.8, 4) is 11.1 Å². The summed E-state index contributed by atoms with van der Waals surface area (Å²) in [5.74, 6) is 0.381. The minimum absolute atomic E-state index is 0.122. The minimum Gasteiger partial charge on any atom is -0.310 e. The van der Waals surface area contributed by atoms with E-state index in [1.54, 1.807) is 0 Å². The third-order valence-corrected chi connectivity index (χ3v) is 14.4. The third kappa shape index (κ3) is 9.43. The van der Waals surface area contributed by atoms with Crippen LogP contribution in [-0.4, -0.2) is 0 Å². The molecule has 0 fully saturated rings. The van der Waals surface area contributed by atoms with E-state index in [4.69, 9.17) is 0 Å². The quantitative estimate of drug-likeness (QED) is 0.100. The smallest absolute Gasteiger partial charge is 0.0540 e. The summed E-state index contributed by atoms with van der Waals surface area (Å²) in [7, 11) is 0. The van der Waals surface area contributed by atoms with Gasteiger partial charge >= 0.3 is 0 Å². The molecule has 0 aromatic heterocycles. The second kappa shape index (κ2) is 20.6. The molecule has 348 valence electrons. The monoisotopic (exact) mass is 934 g/mol. The third-order valence-electron chi connectivity index (χ3n) is 14.4. The maximum atomic E-state index is 2.40. The summed E-state index contributed by atoms with van der Waals surface area (Å²) < 4.78 is 0. The fraction of sp³-hybridized carbons (Fsp3) is 0.0423. The first-order chi connectivity index (χ1) is 36.2. The number of hydrogen-bond acceptors (Lipinski definition) is 2. The van der Waals surface area contributed by atoms with E-state index in [-0.39, 0.29) is 11.8 Å². The van der Waals surface area contributed by atoms with Gasteiger partial charge < -0.3 is 9.80 Å². The zero-order valence-corrected chi connectivity index (χ0v) is 40.6. The van der Waals surface area contributed by atoms with Gasteiger partial charge in [-0.25, -0.2) is 0 Å². The average molecular weight is 935 g/mol. The van der Waals surface area contributed by atoms with Gasteiger partial charge in [0.1, 0.15) is 0 Å². The van der Waals surface area contributed by atoms with Gasteiger partial charge in [0.25, 0.3) is 0 Å². The predicted molar refractivity (Wildman–Crippen MR) is 309 cm³/mol. The first-order valence-corrected chi connectivity index (χ1v) is 25.4. The van der Waals surface area contributed by atoms with Crippen molar-refractivity contribution in [2.75, 3.05) is 9.80 Å². The lowest BCUT2D eigenvalue weighted by Crippen LogP contribution is -2.11. The topological polar surface area (TPSA) is 6.48 Å². The largest absolute Gasteiger partial charge is 0.310 e. The van der Waals surface area contributed by atoms with Gasteiger partial charge in [0.2, 0.25) is 0 Å². The van der Waals surface area contributed by atoms with Crippen LogP contribution >= 0.6 is 0 Å². The fourth-order valence-corrected chi connectivity index (χ4v) is 10.8. The van der Waals surface area contributed by atoms with Crippen molar-refractivity contribution in [2.24, 2.45) is 0 Å². The molecule has 0 unspecified atom stereocenters. The summed E-state index contributed by atoms with van der Waals surface area (Å²) in [4.78, 5) is 4.80. The van der Waals surface area contributed by atoms with E-state index in [0.717, 1.165) is 51.7 Å². The highest BCUT2D eigenvalue weighted by Gasteiger charge is 2.21. The van der Waals surface area contributed by atoms with Crippen LogP contribution in [0.2, 0.25) is 0 Å². The Morgan fingerprint density at radius 2 is 0.562 bits per heavy atom. The summed E-state index contributed by atoms with van der Waals surface area (Å²) >= 11 is 0. The van der Waals surface area contributed by atoms with Crippen LogP contribution in [0.4, 0.5) is 34.1 Å². The van der Waals surface area contributed by atoms with Crippen LogP contribution in [0.1, 0.15) is 45.2 Å². The van der Waals surface area contributed by atoms with E-state index in [1.807, 2.05) is 0 Å². The molecular formula is C71H54N2. The van der Waals surface area contributed by atoms with E-state index < -0.39 is 0 Å². The van der Waals surface area contributed by atoms with Crippen LogP contribution < -0.4 is 9.80 Å². The standard InChI is InChI=1S/C71H54N2/c1-5-19-57(20-6-1)68(58-21-7-2-8-22-58)51-52-35-43-62(44-36-52)72(69-33-17-29-55-23-13-15-31-66(55)69)63-45-37-53(38-46-63)54-39-47-64(48-40-54)73(70-34-18-30-56-24-14-16-32-67(56)70)65-49-41-61(42-50-65)71(59-25-9-3-10-26-59)60-27-11-4-12-28-60/h1-50,68,71H,51H2. The molecule has 0 aliphatic heterocycles. The van der Waals surface area contributed by atoms with Crippen LogP contribution in [-0.2, 0) is 6.42 Å². The normalized spacial score (nSPS) is 11.3. The Balaban J connectivity index is 0.872. The van der Waals surface area contributed by atoms with E-state index in [0.29, 0.717) is 0 Å². The summed E-state index contributed by atoms with van der Waals surface area (Å²) in [5, 5.41) is 4.83. The zero-order chi connectivity index (χ0) is 48.8. The van der Waals surface area contributed by atoms with Gasteiger partial charge in [-0.1, -0.05) is 243 Å². The van der Waals surface area contributed by atoms with Gasteiger partial charge in [-0.05, 0) is 122 Å². The second-order valence-corrected chi connectivity index (χ2v) is 18.9. The predicted octanol–water partition coefficient (Wildman–Crippen LogP) is 19.2. The Labute approximate surface area is 429 Å². The summed E-state index contributed by atoms with van der Waals surface area (Å²) in [5.41, 5.74) is 16.8. The number of nitrogens with zero attached hydrogens (tertiary/aromatic N) is 2. The van der Waals surface area contributed by atoms with Gasteiger partial charge in [0.05, 0.1) is 11.4 Å². The lowest BCUT2D eigenvalue weighted by atomic mass is 9.85. The maximum absolute atomic E-state index is 2.40. The number of fused-ring (bicyclic) bond motifs is 2. The summed E-state index contributed by atoms with van der Waals surface area (Å²) in [6.07, 6.45) is 0.909. The molecule has 0 N–H and O–H groups in total. The van der Waals surface area contributed by atoms with Crippen LogP contribution in [0.25, 0.3) is 32.7 Å². The molecule has 12 aromatic rings. The lowest BCUT2D eigenvalue weighted by molar-refractivity contribution is 0.805. The number of anilines is 6. The van der Waals surface area contributed by atoms with Crippen molar-refractivity contribution in [2.45, 2.75) is 18.3 Å². The zero-order valence-electron chi connectivity index (χ0n) is 40.6. The van der Waals surface area contributed by atoms with Crippen molar-refractivity contribution < 1.29 is 0 Å². The first kappa shape index (κ1) is 44.9. The van der Waals surface area contributed by atoms with E-state index in [1.165, 1.54) is 54.9 Å². The van der Waals surface area contributed by atoms with Gasteiger partial charge in [0.15, 0.2) is 0 Å². The van der Waals surface area contributed by atoms with Crippen molar-refractivity contribution in [3.05, 3.63) is 337 Å². The van der Waals surface area contributed by atoms with Crippen molar-refractivity contribution >= 4 is 55.7 Å². The second-order valence-electron chi connectivity index (χ2n) is 18.9. The van der Waals surface area contributed by atoms with Gasteiger partial charge in [-0.3, -0.25) is 0 Å². The SMILES string of the molecule is c1ccc(C(Cc2ccc(N(c3ccc(-c4ccc(N(c5ccc(C(c6ccccc6)c6ccccc6)cc5)c5cccc6ccccc56)cc4)cc3)c3cccc4ccccc34)cc2)c2ccccc2)cc1. The Hall–Kier alpha value is -9.24. The molecule has 12 aromatic carbocycles. The van der Waals surface area contributed by atoms with Crippen LogP contribution in [0.5, 0.6) is 0 Å². The molecule has 2 nitrogen and oxygen atoms in total. The highest BCUT2D eigenvalue weighted by Crippen LogP contribution is 2.43. The van der Waals surface area contributed by atoms with E-state index in [2.05, 4.69) is 313 Å². The van der Waals surface area contributed by atoms with E-state index in [9.17, 15) is 0 Å². The first-order valence-electron chi connectivity index (χ1n) is 25.4. The Morgan fingerprint density at radius 1 is 0.247 bits per heavy atom. The molecule has 0 saturated carbocycles. The fourth-order valence-electron chi connectivity index (χ4n) is 10.8. The van der Waals surface area contributed by atoms with Crippen LogP contribution in [0.15, 0.2) is 303 Å². The van der Waals surface area contributed by atoms with Gasteiger partial charge in [-0.15, -0.1) is 0 Å². The Bertz CT molecular complexity index is 3640. The van der Waals surface area contributed by atoms with E-state index >= 15 is 0 Å². The van der Waals surface area contributed by atoms with Crippen LogP contribution in [0.3, 0.4) is 0 Å². The number of rotatable bonds is 14. The molecule has 0 amide bonds. The molecule has 12 rings (SSSR count). The average Bonchev–Trinajstić information content (AvgIpc) is 3.47. The Kier molecular flexibility index (Phi) is 12.7. The van der Waals surface area contributed by atoms with Crippen molar-refractivity contribution in [1.82, 2.24) is 0 Å². The Morgan fingerprint density at radius 3 is 0.973 bits per heavy atom. The highest BCUT2D eigenvalue weighted by atomic mass is 15.1. The molecule has 0 atom stereocenters. The molecule has 2 heteroatoms. The number of hydrogen-bond donors (Lipinski definition) is 0. The molecule has 0 radical (unpaired) electrons. The molecular weight excluding hydrogens is 881 g/mol. The molecule has 73 heavy (non-hydrogen) atoms. The van der Waals surface area contributed by atoms with Crippen LogP contribution in [0, 0.1) is 0 Å². The van der Waals surface area contributed by atoms with Gasteiger partial charge in [0, 0.05) is 45.4 Å².